The van der Waals surface area contributed by atoms with Crippen molar-refractivity contribution in [2.24, 2.45) is 0 Å². The third kappa shape index (κ3) is 2.52. The molecule has 0 amide bonds. The van der Waals surface area contributed by atoms with Gasteiger partial charge in [-0.3, -0.25) is 0 Å². The zero-order valence-electron chi connectivity index (χ0n) is 10.5. The number of hydrogen-bond donors (Lipinski definition) is 1. The Morgan fingerprint density at radius 1 is 1.28 bits per heavy atom. The Hall–Kier alpha value is -1.06. The van der Waals surface area contributed by atoms with E-state index < -0.39 is 0 Å². The van der Waals surface area contributed by atoms with Gasteiger partial charge in [-0.05, 0) is 38.1 Å². The molecule has 0 radical (unpaired) electrons. The molecule has 0 saturated carbocycles. The van der Waals surface area contributed by atoms with E-state index in [2.05, 4.69) is 20.9 Å². The molecule has 1 fully saturated rings. The van der Waals surface area contributed by atoms with Crippen molar-refractivity contribution >= 4 is 22.5 Å². The third-order valence-electron chi connectivity index (χ3n) is 3.70. The fourth-order valence-electron chi connectivity index (χ4n) is 2.67. The molecule has 1 N–H and O–H groups in total. The molecule has 3 rings (SSSR count). The van der Waals surface area contributed by atoms with Crippen molar-refractivity contribution < 1.29 is 0 Å². The summed E-state index contributed by atoms with van der Waals surface area (Å²) in [5, 5.41) is 1.63. The fraction of sp³-hybridized carbons (Fsp3) is 0.500. The van der Waals surface area contributed by atoms with Gasteiger partial charge in [0.25, 0.3) is 0 Å². The van der Waals surface area contributed by atoms with Gasteiger partial charge in [-0.25, -0.2) is 4.98 Å². The summed E-state index contributed by atoms with van der Waals surface area (Å²) in [6.07, 6.45) is 6.90. The Morgan fingerprint density at radius 2 is 2.11 bits per heavy atom. The maximum absolute atomic E-state index is 6.08. The Bertz CT molecular complexity index is 529. The normalized spacial score (nSPS) is 17.4. The second-order valence-corrected chi connectivity index (χ2v) is 5.37. The van der Waals surface area contributed by atoms with Gasteiger partial charge in [0.15, 0.2) is 0 Å². The maximum atomic E-state index is 6.08. The van der Waals surface area contributed by atoms with Crippen LogP contribution in [0.5, 0.6) is 0 Å². The molecule has 3 heterocycles. The topological polar surface area (TPSA) is 31.9 Å². The van der Waals surface area contributed by atoms with Crippen molar-refractivity contribution in [1.82, 2.24) is 14.9 Å². The average molecular weight is 264 g/mol. The highest BCUT2D eigenvalue weighted by atomic mass is 35.5. The van der Waals surface area contributed by atoms with Crippen LogP contribution in [0.1, 0.15) is 25.0 Å². The second kappa shape index (κ2) is 5.29. The largest absolute Gasteiger partial charge is 0.358 e. The van der Waals surface area contributed by atoms with Crippen LogP contribution in [0.15, 0.2) is 18.3 Å². The minimum atomic E-state index is 0.591. The molecule has 1 saturated heterocycles. The lowest BCUT2D eigenvalue weighted by molar-refractivity contribution is 0.231. The molecule has 3 nitrogen and oxygen atoms in total. The van der Waals surface area contributed by atoms with E-state index in [0.717, 1.165) is 23.9 Å². The Morgan fingerprint density at radius 3 is 2.89 bits per heavy atom. The second-order valence-electron chi connectivity index (χ2n) is 5.01. The molecule has 4 heteroatoms. The van der Waals surface area contributed by atoms with Gasteiger partial charge in [-0.2, -0.15) is 0 Å². The number of rotatable bonds is 3. The minimum Gasteiger partial charge on any atom is -0.358 e. The van der Waals surface area contributed by atoms with Crippen LogP contribution < -0.4 is 0 Å². The van der Waals surface area contributed by atoms with Crippen molar-refractivity contribution in [1.29, 1.82) is 0 Å². The molecule has 0 aliphatic carbocycles. The number of nitrogens with zero attached hydrogens (tertiary/aromatic N) is 2. The highest BCUT2D eigenvalue weighted by Gasteiger charge is 2.11. The van der Waals surface area contributed by atoms with Gasteiger partial charge in [0, 0.05) is 30.2 Å². The number of hydrogen-bond acceptors (Lipinski definition) is 2. The van der Waals surface area contributed by atoms with E-state index in [1.165, 1.54) is 38.0 Å². The molecule has 0 aromatic carbocycles. The number of H-pyrrole nitrogens is 1. The van der Waals surface area contributed by atoms with Crippen molar-refractivity contribution in [3.05, 3.63) is 29.2 Å². The van der Waals surface area contributed by atoms with Crippen LogP contribution in [0.3, 0.4) is 0 Å². The first kappa shape index (κ1) is 12.0. The number of halogens is 1. The van der Waals surface area contributed by atoms with E-state index in [9.17, 15) is 0 Å². The van der Waals surface area contributed by atoms with Crippen LogP contribution >= 0.6 is 11.6 Å². The van der Waals surface area contributed by atoms with Gasteiger partial charge in [0.1, 0.15) is 5.15 Å². The van der Waals surface area contributed by atoms with Crippen LogP contribution in [0.4, 0.5) is 0 Å². The third-order valence-corrected chi connectivity index (χ3v) is 4.00. The molecule has 2 aromatic heterocycles. The predicted octanol–water partition coefficient (Wildman–Crippen LogP) is 3.24. The number of piperidine rings is 1. The number of aromatic amines is 1. The summed E-state index contributed by atoms with van der Waals surface area (Å²) in [7, 11) is 0. The Kier molecular flexibility index (Phi) is 3.52. The highest BCUT2D eigenvalue weighted by molar-refractivity contribution is 6.34. The van der Waals surface area contributed by atoms with E-state index in [4.69, 9.17) is 11.6 Å². The van der Waals surface area contributed by atoms with Crippen LogP contribution in [0.25, 0.3) is 10.9 Å². The smallest absolute Gasteiger partial charge is 0.138 e. The Balaban J connectivity index is 1.69. The lowest BCUT2D eigenvalue weighted by atomic mass is 10.1. The molecule has 0 bridgehead atoms. The van der Waals surface area contributed by atoms with Crippen LogP contribution in [-0.2, 0) is 6.42 Å². The molecular weight excluding hydrogens is 246 g/mol. The Labute approximate surface area is 112 Å². The van der Waals surface area contributed by atoms with Crippen LogP contribution in [0, 0.1) is 0 Å². The lowest BCUT2D eigenvalue weighted by Gasteiger charge is -2.25. The zero-order valence-corrected chi connectivity index (χ0v) is 11.2. The quantitative estimate of drug-likeness (QED) is 0.862. The highest BCUT2D eigenvalue weighted by Crippen LogP contribution is 2.22. The summed E-state index contributed by atoms with van der Waals surface area (Å²) in [6.45, 7) is 3.64. The first-order valence-electron chi connectivity index (χ1n) is 6.67. The van der Waals surface area contributed by atoms with Crippen molar-refractivity contribution in [3.8, 4) is 0 Å². The summed E-state index contributed by atoms with van der Waals surface area (Å²) in [5.74, 6) is 0. The van der Waals surface area contributed by atoms with Crippen molar-refractivity contribution in [2.75, 3.05) is 19.6 Å². The fourth-order valence-corrected chi connectivity index (χ4v) is 2.89. The average Bonchev–Trinajstić information content (AvgIpc) is 2.82. The lowest BCUT2D eigenvalue weighted by Crippen LogP contribution is -2.31. The van der Waals surface area contributed by atoms with E-state index in [0.29, 0.717) is 5.15 Å². The number of fused-ring (bicyclic) bond motifs is 1. The van der Waals surface area contributed by atoms with E-state index in [-0.39, 0.29) is 0 Å². The number of likely N-dealkylation sites (tertiary alicyclic amines) is 1. The van der Waals surface area contributed by atoms with Gasteiger partial charge < -0.3 is 9.88 Å². The molecule has 0 spiro atoms. The first-order valence-corrected chi connectivity index (χ1v) is 7.05. The number of nitrogens with one attached hydrogen (secondary N) is 1. The molecule has 96 valence electrons. The first-order chi connectivity index (χ1) is 8.83. The van der Waals surface area contributed by atoms with Crippen LogP contribution in [-0.4, -0.2) is 34.5 Å². The van der Waals surface area contributed by atoms with Gasteiger partial charge in [-0.1, -0.05) is 18.0 Å². The monoisotopic (exact) mass is 263 g/mol. The molecule has 0 unspecified atom stereocenters. The summed E-state index contributed by atoms with van der Waals surface area (Å²) in [4.78, 5) is 10.1. The van der Waals surface area contributed by atoms with Crippen LogP contribution in [0.2, 0.25) is 5.15 Å². The number of aromatic nitrogens is 2. The maximum Gasteiger partial charge on any atom is 0.138 e. The van der Waals surface area contributed by atoms with Gasteiger partial charge in [0.2, 0.25) is 0 Å². The van der Waals surface area contributed by atoms with E-state index >= 15 is 0 Å². The molecule has 1 aliphatic rings. The SMILES string of the molecule is Clc1nccc2[nH]c(CCN3CCCCC3)cc12. The predicted molar refractivity (Wildman–Crippen MR) is 75.1 cm³/mol. The minimum absolute atomic E-state index is 0.591. The van der Waals surface area contributed by atoms with Crippen molar-refractivity contribution in [3.63, 3.8) is 0 Å². The summed E-state index contributed by atoms with van der Waals surface area (Å²) in [6, 6.07) is 4.11. The molecule has 0 atom stereocenters. The van der Waals surface area contributed by atoms with Gasteiger partial charge >= 0.3 is 0 Å². The summed E-state index contributed by atoms with van der Waals surface area (Å²) < 4.78 is 0. The molecule has 18 heavy (non-hydrogen) atoms. The number of pyridine rings is 1. The van der Waals surface area contributed by atoms with E-state index in [1.807, 2.05) is 6.07 Å². The van der Waals surface area contributed by atoms with E-state index in [1.54, 1.807) is 6.20 Å². The van der Waals surface area contributed by atoms with Gasteiger partial charge in [-0.15, -0.1) is 0 Å². The molecular formula is C14H18ClN3. The van der Waals surface area contributed by atoms with Gasteiger partial charge in [0.05, 0.1) is 5.52 Å². The molecule has 2 aromatic rings. The summed E-state index contributed by atoms with van der Waals surface area (Å²) in [5.41, 5.74) is 2.34. The zero-order chi connectivity index (χ0) is 12.4. The standard InChI is InChI=1S/C14H18ClN3/c15-14-12-10-11(17-13(12)4-6-16-14)5-9-18-7-2-1-3-8-18/h4,6,10,17H,1-3,5,7-9H2. The molecule has 1 aliphatic heterocycles. The van der Waals surface area contributed by atoms with Crippen molar-refractivity contribution in [2.45, 2.75) is 25.7 Å². The summed E-state index contributed by atoms with van der Waals surface area (Å²) >= 11 is 6.08.